The van der Waals surface area contributed by atoms with E-state index in [2.05, 4.69) is 10.6 Å². The topological polar surface area (TPSA) is 87.7 Å². The van der Waals surface area contributed by atoms with Gasteiger partial charge in [-0.1, -0.05) is 6.07 Å². The number of hydrogen-bond donors (Lipinski definition) is 3. The number of amides is 2. The van der Waals surface area contributed by atoms with Crippen molar-refractivity contribution in [3.63, 3.8) is 0 Å². The van der Waals surface area contributed by atoms with Gasteiger partial charge in [0.15, 0.2) is 6.04 Å². The molecule has 20 heavy (non-hydrogen) atoms. The minimum absolute atomic E-state index is 0.279. The molecule has 2 rings (SSSR count). The van der Waals surface area contributed by atoms with Crippen LogP contribution in [0, 0.1) is 0 Å². The van der Waals surface area contributed by atoms with Crippen molar-refractivity contribution in [2.75, 3.05) is 13.7 Å². The first kappa shape index (κ1) is 14.8. The second kappa shape index (κ2) is 6.23. The van der Waals surface area contributed by atoms with E-state index in [1.54, 1.807) is 24.6 Å². The Morgan fingerprint density at radius 3 is 2.75 bits per heavy atom. The smallest absolute Gasteiger partial charge is 0.331 e. The van der Waals surface area contributed by atoms with E-state index < -0.39 is 18.0 Å². The van der Waals surface area contributed by atoms with E-state index in [-0.39, 0.29) is 5.60 Å². The van der Waals surface area contributed by atoms with Crippen molar-refractivity contribution in [1.82, 2.24) is 10.6 Å². The van der Waals surface area contributed by atoms with Crippen LogP contribution < -0.4 is 10.6 Å². The molecule has 1 heterocycles. The van der Waals surface area contributed by atoms with Crippen LogP contribution in [0.5, 0.6) is 0 Å². The molecule has 6 nitrogen and oxygen atoms in total. The average molecular weight is 298 g/mol. The predicted octanol–water partition coefficient (Wildman–Crippen LogP) is 1.74. The number of thiophene rings is 1. The first-order chi connectivity index (χ1) is 9.56. The summed E-state index contributed by atoms with van der Waals surface area (Å²) in [6.45, 7) is 0.395. The minimum atomic E-state index is -1.08. The Labute approximate surface area is 121 Å². The fourth-order valence-corrected chi connectivity index (χ4v) is 2.92. The third kappa shape index (κ3) is 3.29. The SMILES string of the molecule is COC1(CNC(=O)NC(C(=O)O)c2cccs2)CCC1. The average Bonchev–Trinajstić information content (AvgIpc) is 2.88. The van der Waals surface area contributed by atoms with Gasteiger partial charge < -0.3 is 20.5 Å². The van der Waals surface area contributed by atoms with Crippen molar-refractivity contribution in [3.8, 4) is 0 Å². The fraction of sp³-hybridized carbons (Fsp3) is 0.538. The van der Waals surface area contributed by atoms with Crippen LogP contribution in [0.1, 0.15) is 30.2 Å². The summed E-state index contributed by atoms with van der Waals surface area (Å²) in [5, 5.41) is 16.1. The van der Waals surface area contributed by atoms with Gasteiger partial charge in [0.05, 0.1) is 5.60 Å². The number of aliphatic carboxylic acids is 1. The molecule has 1 unspecified atom stereocenters. The van der Waals surface area contributed by atoms with E-state index in [9.17, 15) is 9.59 Å². The van der Waals surface area contributed by atoms with Crippen LogP contribution in [0.25, 0.3) is 0 Å². The number of methoxy groups -OCH3 is 1. The highest BCUT2D eigenvalue weighted by molar-refractivity contribution is 7.10. The lowest BCUT2D eigenvalue weighted by Gasteiger charge is -2.40. The maximum atomic E-state index is 11.8. The van der Waals surface area contributed by atoms with Crippen molar-refractivity contribution >= 4 is 23.3 Å². The van der Waals surface area contributed by atoms with Crippen LogP contribution in [-0.4, -0.2) is 36.4 Å². The van der Waals surface area contributed by atoms with Crippen molar-refractivity contribution in [3.05, 3.63) is 22.4 Å². The van der Waals surface area contributed by atoms with E-state index in [0.29, 0.717) is 11.4 Å². The number of nitrogens with one attached hydrogen (secondary N) is 2. The molecular weight excluding hydrogens is 280 g/mol. The zero-order chi connectivity index (χ0) is 14.6. The van der Waals surface area contributed by atoms with Crippen LogP contribution in [-0.2, 0) is 9.53 Å². The maximum absolute atomic E-state index is 11.8. The normalized spacial score (nSPS) is 17.9. The molecular formula is C13H18N2O4S. The van der Waals surface area contributed by atoms with E-state index >= 15 is 0 Å². The number of carboxylic acids is 1. The van der Waals surface area contributed by atoms with Crippen LogP contribution in [0.4, 0.5) is 4.79 Å². The molecule has 0 radical (unpaired) electrons. The van der Waals surface area contributed by atoms with Gasteiger partial charge in [0.1, 0.15) is 0 Å². The summed E-state index contributed by atoms with van der Waals surface area (Å²) in [4.78, 5) is 23.6. The highest BCUT2D eigenvalue weighted by Crippen LogP contribution is 2.34. The zero-order valence-corrected chi connectivity index (χ0v) is 12.0. The second-order valence-corrected chi connectivity index (χ2v) is 5.83. The maximum Gasteiger partial charge on any atom is 0.331 e. The van der Waals surface area contributed by atoms with Gasteiger partial charge in [-0.2, -0.15) is 0 Å². The number of carboxylic acid groups (broad SMARTS) is 1. The van der Waals surface area contributed by atoms with Gasteiger partial charge in [-0.05, 0) is 30.7 Å². The monoisotopic (exact) mass is 298 g/mol. The van der Waals surface area contributed by atoms with Gasteiger partial charge in [0.25, 0.3) is 0 Å². The van der Waals surface area contributed by atoms with Crippen molar-refractivity contribution in [2.24, 2.45) is 0 Å². The lowest BCUT2D eigenvalue weighted by Crippen LogP contribution is -2.52. The molecule has 1 aromatic heterocycles. The molecule has 1 saturated carbocycles. The summed E-state index contributed by atoms with van der Waals surface area (Å²) < 4.78 is 5.39. The number of carbonyl (C=O) groups excluding carboxylic acids is 1. The predicted molar refractivity (Wildman–Crippen MR) is 74.8 cm³/mol. The molecule has 1 fully saturated rings. The second-order valence-electron chi connectivity index (χ2n) is 4.85. The van der Waals surface area contributed by atoms with Gasteiger partial charge >= 0.3 is 12.0 Å². The van der Waals surface area contributed by atoms with Crippen molar-refractivity contribution in [2.45, 2.75) is 30.9 Å². The number of ether oxygens (including phenoxy) is 1. The summed E-state index contributed by atoms with van der Waals surface area (Å²) in [6.07, 6.45) is 2.91. The Morgan fingerprint density at radius 2 is 2.30 bits per heavy atom. The largest absolute Gasteiger partial charge is 0.479 e. The first-order valence-corrected chi connectivity index (χ1v) is 7.30. The molecule has 1 aromatic rings. The Kier molecular flexibility index (Phi) is 4.61. The Morgan fingerprint density at radius 1 is 1.55 bits per heavy atom. The lowest BCUT2D eigenvalue weighted by molar-refractivity contribution is -0.139. The number of hydrogen-bond acceptors (Lipinski definition) is 4. The standard InChI is InChI=1S/C13H18N2O4S/c1-19-13(5-3-6-13)8-14-12(18)15-10(11(16)17)9-4-2-7-20-9/h2,4,7,10H,3,5-6,8H2,1H3,(H,16,17)(H2,14,15,18). The first-order valence-electron chi connectivity index (χ1n) is 6.42. The van der Waals surface area contributed by atoms with Gasteiger partial charge in [-0.25, -0.2) is 9.59 Å². The molecule has 0 aromatic carbocycles. The number of carbonyl (C=O) groups is 2. The van der Waals surface area contributed by atoms with Crippen LogP contribution >= 0.6 is 11.3 Å². The summed E-state index contributed by atoms with van der Waals surface area (Å²) in [5.74, 6) is -1.08. The van der Waals surface area contributed by atoms with Crippen LogP contribution in [0.3, 0.4) is 0 Å². The van der Waals surface area contributed by atoms with Gasteiger partial charge in [-0.3, -0.25) is 0 Å². The minimum Gasteiger partial charge on any atom is -0.479 e. The molecule has 0 aliphatic heterocycles. The molecule has 3 N–H and O–H groups in total. The summed E-state index contributed by atoms with van der Waals surface area (Å²) in [6, 6.07) is 1.93. The molecule has 0 bridgehead atoms. The zero-order valence-electron chi connectivity index (χ0n) is 11.2. The Bertz CT molecular complexity index is 465. The van der Waals surface area contributed by atoms with Gasteiger partial charge in [0.2, 0.25) is 0 Å². The lowest BCUT2D eigenvalue weighted by atomic mass is 9.80. The Balaban J connectivity index is 1.87. The van der Waals surface area contributed by atoms with Crippen LogP contribution in [0.2, 0.25) is 0 Å². The van der Waals surface area contributed by atoms with Gasteiger partial charge in [-0.15, -0.1) is 11.3 Å². The molecule has 1 aliphatic rings. The molecule has 0 saturated heterocycles. The Hall–Kier alpha value is -1.60. The highest BCUT2D eigenvalue weighted by atomic mass is 32.1. The quantitative estimate of drug-likeness (QED) is 0.746. The van der Waals surface area contributed by atoms with E-state index in [0.717, 1.165) is 19.3 Å². The summed E-state index contributed by atoms with van der Waals surface area (Å²) in [7, 11) is 1.63. The third-order valence-corrected chi connectivity index (χ3v) is 4.56. The fourth-order valence-electron chi connectivity index (χ4n) is 2.16. The van der Waals surface area contributed by atoms with E-state index in [1.807, 2.05) is 0 Å². The molecule has 1 aliphatic carbocycles. The third-order valence-electron chi connectivity index (χ3n) is 3.62. The molecule has 7 heteroatoms. The van der Waals surface area contributed by atoms with Crippen LogP contribution in [0.15, 0.2) is 17.5 Å². The van der Waals surface area contributed by atoms with Crippen molar-refractivity contribution in [1.29, 1.82) is 0 Å². The molecule has 2 amide bonds. The number of urea groups is 1. The summed E-state index contributed by atoms with van der Waals surface area (Å²) in [5.41, 5.74) is -0.279. The van der Waals surface area contributed by atoms with E-state index in [1.165, 1.54) is 11.3 Å². The molecule has 110 valence electrons. The molecule has 0 spiro atoms. The van der Waals surface area contributed by atoms with Crippen molar-refractivity contribution < 1.29 is 19.4 Å². The van der Waals surface area contributed by atoms with Gasteiger partial charge in [0, 0.05) is 18.5 Å². The number of rotatable bonds is 6. The molecule has 1 atom stereocenters. The summed E-state index contributed by atoms with van der Waals surface area (Å²) >= 11 is 1.30. The highest BCUT2D eigenvalue weighted by Gasteiger charge is 2.37. The van der Waals surface area contributed by atoms with E-state index in [4.69, 9.17) is 9.84 Å².